The fourth-order valence-corrected chi connectivity index (χ4v) is 6.00. The number of hydrogen-bond donors (Lipinski definition) is 3. The summed E-state index contributed by atoms with van der Waals surface area (Å²) in [6.07, 6.45) is 1.44. The van der Waals surface area contributed by atoms with Crippen LogP contribution in [0.25, 0.3) is 17.3 Å². The topological polar surface area (TPSA) is 100 Å². The molecule has 11 heteroatoms. The van der Waals surface area contributed by atoms with Crippen LogP contribution in [-0.4, -0.2) is 28.5 Å². The Balaban J connectivity index is 1.20. The monoisotopic (exact) mass is 672 g/mol. The van der Waals surface area contributed by atoms with Gasteiger partial charge in [0.2, 0.25) is 5.91 Å². The Bertz CT molecular complexity index is 1840. The van der Waals surface area contributed by atoms with E-state index in [1.807, 2.05) is 36.6 Å². The molecular weight excluding hydrogens is 647 g/mol. The molecule has 7 nitrogen and oxygen atoms in total. The first kappa shape index (κ1) is 32.0. The van der Waals surface area contributed by atoms with E-state index in [1.54, 1.807) is 72.8 Å². The molecule has 3 N–H and O–H groups in total. The number of thiazole rings is 1. The molecule has 0 saturated carbocycles. The number of aromatic nitrogens is 1. The normalized spacial score (nSPS) is 11.1. The third kappa shape index (κ3) is 8.83. The van der Waals surface area contributed by atoms with Gasteiger partial charge in [-0.2, -0.15) is 0 Å². The van der Waals surface area contributed by atoms with Gasteiger partial charge in [-0.15, -0.1) is 23.1 Å². The highest BCUT2D eigenvalue weighted by Gasteiger charge is 2.17. The third-order valence-corrected chi connectivity index (χ3v) is 8.83. The lowest BCUT2D eigenvalue weighted by Crippen LogP contribution is -2.30. The number of carbonyl (C=O) groups is 3. The third-order valence-electron chi connectivity index (χ3n) is 6.40. The number of anilines is 2. The second-order valence-electron chi connectivity index (χ2n) is 9.73. The van der Waals surface area contributed by atoms with E-state index in [2.05, 4.69) is 20.9 Å². The molecule has 4 aromatic carbocycles. The Morgan fingerprint density at radius 2 is 1.53 bits per heavy atom. The molecule has 5 rings (SSSR count). The first-order valence-corrected chi connectivity index (χ1v) is 16.3. The Morgan fingerprint density at radius 3 is 2.22 bits per heavy atom. The van der Waals surface area contributed by atoms with Gasteiger partial charge in [-0.05, 0) is 61.5 Å². The fraction of sp³-hybridized carbons (Fsp3) is 0.0588. The molecule has 0 aliphatic carbocycles. The van der Waals surface area contributed by atoms with Crippen LogP contribution in [-0.2, 0) is 9.59 Å². The summed E-state index contributed by atoms with van der Waals surface area (Å²) in [5.74, 6) is -1.02. The van der Waals surface area contributed by atoms with Gasteiger partial charge in [0.1, 0.15) is 5.70 Å². The van der Waals surface area contributed by atoms with Gasteiger partial charge < -0.3 is 16.0 Å². The van der Waals surface area contributed by atoms with Crippen molar-refractivity contribution in [1.82, 2.24) is 10.3 Å². The molecule has 226 valence electrons. The molecule has 0 fully saturated rings. The van der Waals surface area contributed by atoms with Gasteiger partial charge in [-0.25, -0.2) is 4.98 Å². The summed E-state index contributed by atoms with van der Waals surface area (Å²) in [5.41, 5.74) is 4.21. The van der Waals surface area contributed by atoms with Crippen LogP contribution in [0, 0.1) is 6.92 Å². The Labute approximate surface area is 278 Å². The van der Waals surface area contributed by atoms with Crippen LogP contribution >= 0.6 is 46.3 Å². The van der Waals surface area contributed by atoms with Crippen LogP contribution in [0.3, 0.4) is 0 Å². The van der Waals surface area contributed by atoms with E-state index in [0.717, 1.165) is 16.2 Å². The minimum absolute atomic E-state index is 0.0401. The van der Waals surface area contributed by atoms with Gasteiger partial charge in [0.25, 0.3) is 11.8 Å². The van der Waals surface area contributed by atoms with Crippen molar-refractivity contribution < 1.29 is 14.4 Å². The lowest BCUT2D eigenvalue weighted by molar-refractivity contribution is -0.114. The van der Waals surface area contributed by atoms with Gasteiger partial charge in [0.15, 0.2) is 5.13 Å². The van der Waals surface area contributed by atoms with E-state index in [-0.39, 0.29) is 17.4 Å². The molecule has 1 aromatic heterocycles. The van der Waals surface area contributed by atoms with Gasteiger partial charge in [0.05, 0.1) is 11.4 Å². The number of nitrogens with zero attached hydrogens (tertiary/aromatic N) is 1. The predicted octanol–water partition coefficient (Wildman–Crippen LogP) is 8.57. The number of hydrogen-bond acceptors (Lipinski definition) is 6. The minimum atomic E-state index is -0.566. The molecule has 0 spiro atoms. The van der Waals surface area contributed by atoms with Crippen molar-refractivity contribution >= 4 is 80.9 Å². The van der Waals surface area contributed by atoms with E-state index in [4.69, 9.17) is 23.2 Å². The molecule has 5 aromatic rings. The van der Waals surface area contributed by atoms with Crippen LogP contribution in [0.5, 0.6) is 0 Å². The smallest absolute Gasteiger partial charge is 0.272 e. The van der Waals surface area contributed by atoms with Crippen LogP contribution < -0.4 is 16.0 Å². The van der Waals surface area contributed by atoms with Gasteiger partial charge in [-0.1, -0.05) is 77.3 Å². The maximum absolute atomic E-state index is 13.3. The minimum Gasteiger partial charge on any atom is -0.321 e. The summed E-state index contributed by atoms with van der Waals surface area (Å²) in [5, 5.41) is 11.4. The average molecular weight is 674 g/mol. The first-order chi connectivity index (χ1) is 21.7. The molecule has 1 heterocycles. The highest BCUT2D eigenvalue weighted by atomic mass is 35.5. The molecule has 0 aliphatic rings. The number of aryl methyl sites for hydroxylation is 1. The molecule has 0 bridgehead atoms. The van der Waals surface area contributed by atoms with Crippen molar-refractivity contribution in [3.8, 4) is 11.3 Å². The summed E-state index contributed by atoms with van der Waals surface area (Å²) in [6, 6.07) is 28.6. The van der Waals surface area contributed by atoms with Crippen molar-refractivity contribution in [1.29, 1.82) is 0 Å². The molecule has 0 saturated heterocycles. The SMILES string of the molecule is Cc1ccc(-c2csc(NC(=O)CSc3ccc(NC(=O)/C(=C/c4c(Cl)cccc4Cl)NC(=O)c4ccccc4)cc3)n2)cc1. The zero-order chi connectivity index (χ0) is 31.8. The van der Waals surface area contributed by atoms with E-state index >= 15 is 0 Å². The quantitative estimate of drug-likeness (QED) is 0.102. The standard InChI is InChI=1S/C34H26Cl2N4O3S2/c1-21-10-12-22(13-11-21)30-19-45-34(39-30)40-31(41)20-44-25-16-14-24(15-17-25)37-33(43)29(18-26-27(35)8-5-9-28(26)36)38-32(42)23-6-3-2-4-7-23/h2-19H,20H2,1H3,(H,37,43)(H,38,42)(H,39,40,41)/b29-18-. The van der Waals surface area contributed by atoms with Crippen molar-refractivity contribution in [2.75, 3.05) is 16.4 Å². The summed E-state index contributed by atoms with van der Waals surface area (Å²) >= 11 is 15.4. The Kier molecular flexibility index (Phi) is 10.7. The van der Waals surface area contributed by atoms with Crippen LogP contribution in [0.2, 0.25) is 10.0 Å². The number of rotatable bonds is 10. The van der Waals surface area contributed by atoms with Crippen molar-refractivity contribution in [2.45, 2.75) is 11.8 Å². The first-order valence-electron chi connectivity index (χ1n) is 13.6. The number of nitrogens with one attached hydrogen (secondary N) is 3. The molecule has 0 atom stereocenters. The Morgan fingerprint density at radius 1 is 0.844 bits per heavy atom. The predicted molar refractivity (Wildman–Crippen MR) is 185 cm³/mol. The number of carbonyl (C=O) groups excluding carboxylic acids is 3. The molecule has 45 heavy (non-hydrogen) atoms. The molecule has 3 amide bonds. The van der Waals surface area contributed by atoms with Crippen LogP contribution in [0.1, 0.15) is 21.5 Å². The lowest BCUT2D eigenvalue weighted by Gasteiger charge is -2.13. The zero-order valence-corrected chi connectivity index (χ0v) is 27.0. The fourth-order valence-electron chi connectivity index (χ4n) is 4.06. The highest BCUT2D eigenvalue weighted by Crippen LogP contribution is 2.28. The second kappa shape index (κ2) is 15.0. The lowest BCUT2D eigenvalue weighted by atomic mass is 10.1. The molecule has 0 aliphatic heterocycles. The average Bonchev–Trinajstić information content (AvgIpc) is 3.51. The maximum Gasteiger partial charge on any atom is 0.272 e. The van der Waals surface area contributed by atoms with Crippen molar-refractivity contribution in [2.24, 2.45) is 0 Å². The molecule has 0 radical (unpaired) electrons. The summed E-state index contributed by atoms with van der Waals surface area (Å²) < 4.78 is 0. The van der Waals surface area contributed by atoms with Gasteiger partial charge in [-0.3, -0.25) is 14.4 Å². The highest BCUT2D eigenvalue weighted by molar-refractivity contribution is 8.00. The summed E-state index contributed by atoms with van der Waals surface area (Å²) in [6.45, 7) is 2.03. The number of thioether (sulfide) groups is 1. The zero-order valence-electron chi connectivity index (χ0n) is 23.8. The van der Waals surface area contributed by atoms with E-state index in [9.17, 15) is 14.4 Å². The molecular formula is C34H26Cl2N4O3S2. The van der Waals surface area contributed by atoms with Crippen molar-refractivity contribution in [3.63, 3.8) is 0 Å². The van der Waals surface area contributed by atoms with Crippen LogP contribution in [0.15, 0.2) is 113 Å². The van der Waals surface area contributed by atoms with Crippen LogP contribution in [0.4, 0.5) is 10.8 Å². The van der Waals surface area contributed by atoms with Gasteiger partial charge >= 0.3 is 0 Å². The second-order valence-corrected chi connectivity index (χ2v) is 12.5. The maximum atomic E-state index is 13.3. The van der Waals surface area contributed by atoms with Crippen molar-refractivity contribution in [3.05, 3.63) is 135 Å². The number of benzene rings is 4. The molecule has 0 unspecified atom stereocenters. The largest absolute Gasteiger partial charge is 0.321 e. The summed E-state index contributed by atoms with van der Waals surface area (Å²) in [7, 11) is 0. The number of amides is 3. The van der Waals surface area contributed by atoms with E-state index in [0.29, 0.717) is 32.0 Å². The number of halogens is 2. The van der Waals surface area contributed by atoms with E-state index in [1.165, 1.54) is 34.7 Å². The van der Waals surface area contributed by atoms with E-state index < -0.39 is 11.8 Å². The van der Waals surface area contributed by atoms with Gasteiger partial charge in [0, 0.05) is 42.7 Å². The Hall–Kier alpha value is -4.41. The summed E-state index contributed by atoms with van der Waals surface area (Å²) in [4.78, 5) is 44.2.